The average Bonchev–Trinajstić information content (AvgIpc) is 3.05. The Bertz CT molecular complexity index is 1210. The van der Waals surface area contributed by atoms with Gasteiger partial charge in [-0.25, -0.2) is 0 Å². The van der Waals surface area contributed by atoms with Gasteiger partial charge in [-0.2, -0.15) is 0 Å². The van der Waals surface area contributed by atoms with E-state index in [2.05, 4.69) is 10.6 Å². The number of amides is 2. The van der Waals surface area contributed by atoms with Crippen molar-refractivity contribution >= 4 is 11.8 Å². The normalized spacial score (nSPS) is 42.1. The van der Waals surface area contributed by atoms with Crippen LogP contribution in [-0.2, 0) is 38.0 Å². The molecule has 15 atom stereocenters. The van der Waals surface area contributed by atoms with Crippen LogP contribution in [0.25, 0.3) is 0 Å². The first-order valence-corrected chi connectivity index (χ1v) is 15.2. The van der Waals surface area contributed by atoms with Gasteiger partial charge in [-0.15, -0.1) is 0 Å². The summed E-state index contributed by atoms with van der Waals surface area (Å²) in [6.45, 7) is 0.965. The Hall–Kier alpha value is -2.72. The number of hydrogen-bond acceptors (Lipinski definition) is 16. The summed E-state index contributed by atoms with van der Waals surface area (Å²) < 4.78 is 47.0. The lowest BCUT2D eigenvalue weighted by atomic mass is 9.93. The van der Waals surface area contributed by atoms with Crippen LogP contribution in [0.2, 0.25) is 0 Å². The van der Waals surface area contributed by atoms with Gasteiger partial charge in [-0.1, -0.05) is 0 Å². The minimum atomic E-state index is -1.77. The van der Waals surface area contributed by atoms with E-state index >= 15 is 0 Å². The van der Waals surface area contributed by atoms with Gasteiger partial charge in [0.15, 0.2) is 12.6 Å². The van der Waals surface area contributed by atoms with Crippen LogP contribution in [0.15, 0.2) is 24.3 Å². The number of aliphatic hydroxyl groups excluding tert-OH is 6. The first-order valence-electron chi connectivity index (χ1n) is 15.2. The number of carbonyl (C=O) groups is 2. The zero-order chi connectivity index (χ0) is 34.0. The van der Waals surface area contributed by atoms with Crippen LogP contribution in [0, 0.1) is 0 Å². The first kappa shape index (κ1) is 35.6. The highest BCUT2D eigenvalue weighted by Crippen LogP contribution is 2.35. The van der Waals surface area contributed by atoms with Gasteiger partial charge in [-0.3, -0.25) is 9.59 Å². The Labute approximate surface area is 269 Å². The first-order chi connectivity index (χ1) is 22.4. The molecule has 4 saturated heterocycles. The topological polar surface area (TPSA) is 253 Å². The lowest BCUT2D eigenvalue weighted by molar-refractivity contribution is -0.362. The van der Waals surface area contributed by atoms with Crippen molar-refractivity contribution in [1.29, 1.82) is 0 Å². The minimum absolute atomic E-state index is 0.280. The quantitative estimate of drug-likeness (QED) is 0.117. The molecule has 0 bridgehead atoms. The summed E-state index contributed by atoms with van der Waals surface area (Å²) in [5.74, 6) is -0.273. The lowest BCUT2D eigenvalue weighted by Crippen LogP contribution is -2.72. The Morgan fingerprint density at radius 1 is 0.872 bits per heavy atom. The van der Waals surface area contributed by atoms with Crippen molar-refractivity contribution in [1.82, 2.24) is 10.6 Å². The van der Waals surface area contributed by atoms with E-state index < -0.39 is 117 Å². The molecule has 0 unspecified atom stereocenters. The van der Waals surface area contributed by atoms with Crippen molar-refractivity contribution in [3.63, 3.8) is 0 Å². The standard InChI is InChI=1S/C29H42N2O16/c1-11-20(36)22(38)23(39)29(42-11)47-26-19(30-12(2)34)27(43-14-6-4-13(40-3)5-7-14)45-16(9-33)24(26)46-28-18-25(41-10-17(35)31-18)21(37)15(8-32)44-28/h4-7,11,15-16,18-29,32-33,36-39H,8-10H2,1-3H3,(H,30,34)(H,31,35)/t11-,15+,16+,18+,19+,20+,21-,22+,23-,24+,25+,26+,27+,28-,29-/m0/s1. The fourth-order valence-corrected chi connectivity index (χ4v) is 6.03. The van der Waals surface area contributed by atoms with Crippen LogP contribution in [0.1, 0.15) is 13.8 Å². The summed E-state index contributed by atoms with van der Waals surface area (Å²) in [6, 6.07) is 4.05. The van der Waals surface area contributed by atoms with Crippen molar-refractivity contribution < 1.29 is 78.1 Å². The number of morpholine rings is 1. The number of fused-ring (bicyclic) bond motifs is 1. The average molecular weight is 675 g/mol. The lowest BCUT2D eigenvalue weighted by Gasteiger charge is -2.51. The Balaban J connectivity index is 1.51. The highest BCUT2D eigenvalue weighted by molar-refractivity contribution is 5.78. The molecule has 4 fully saturated rings. The molecule has 2 amide bonds. The van der Waals surface area contributed by atoms with Crippen molar-refractivity contribution in [2.24, 2.45) is 0 Å². The number of hydrogen-bond donors (Lipinski definition) is 8. The van der Waals surface area contributed by atoms with Crippen LogP contribution in [0.5, 0.6) is 11.5 Å². The second-order valence-electron chi connectivity index (χ2n) is 11.7. The van der Waals surface area contributed by atoms with Gasteiger partial charge in [0, 0.05) is 6.92 Å². The van der Waals surface area contributed by atoms with Gasteiger partial charge >= 0.3 is 0 Å². The molecule has 0 saturated carbocycles. The van der Waals surface area contributed by atoms with Gasteiger partial charge in [0.05, 0.1) is 26.4 Å². The summed E-state index contributed by atoms with van der Waals surface area (Å²) in [5, 5.41) is 68.1. The molecule has 1 aromatic rings. The third-order valence-electron chi connectivity index (χ3n) is 8.49. The van der Waals surface area contributed by atoms with E-state index in [-0.39, 0.29) is 12.4 Å². The predicted molar refractivity (Wildman–Crippen MR) is 152 cm³/mol. The number of benzene rings is 1. The molecular formula is C29H42N2O16. The summed E-state index contributed by atoms with van der Waals surface area (Å²) in [5.41, 5.74) is 0. The second kappa shape index (κ2) is 15.2. The fraction of sp³-hybridized carbons (Fsp3) is 0.724. The van der Waals surface area contributed by atoms with E-state index in [4.69, 9.17) is 37.9 Å². The maximum atomic E-state index is 12.5. The number of carbonyl (C=O) groups excluding carboxylic acids is 2. The molecular weight excluding hydrogens is 632 g/mol. The largest absolute Gasteiger partial charge is 0.497 e. The Kier molecular flexibility index (Phi) is 11.5. The van der Waals surface area contributed by atoms with E-state index in [0.717, 1.165) is 0 Å². The number of methoxy groups -OCH3 is 1. The molecule has 264 valence electrons. The minimum Gasteiger partial charge on any atom is -0.497 e. The highest BCUT2D eigenvalue weighted by atomic mass is 16.8. The molecule has 0 radical (unpaired) electrons. The Morgan fingerprint density at radius 2 is 1.51 bits per heavy atom. The van der Waals surface area contributed by atoms with Gasteiger partial charge in [0.2, 0.25) is 18.1 Å². The fourth-order valence-electron chi connectivity index (χ4n) is 6.03. The number of ether oxygens (including phenoxy) is 8. The molecule has 18 nitrogen and oxygen atoms in total. The maximum Gasteiger partial charge on any atom is 0.246 e. The van der Waals surface area contributed by atoms with E-state index in [1.165, 1.54) is 21.0 Å². The predicted octanol–water partition coefficient (Wildman–Crippen LogP) is -4.14. The van der Waals surface area contributed by atoms with Gasteiger partial charge in [0.1, 0.15) is 85.1 Å². The summed E-state index contributed by atoms with van der Waals surface area (Å²) in [6.07, 6.45) is -18.0. The van der Waals surface area contributed by atoms with E-state index in [1.807, 2.05) is 0 Å². The molecule has 0 aliphatic carbocycles. The molecule has 5 rings (SSSR count). The molecule has 4 aliphatic heterocycles. The van der Waals surface area contributed by atoms with E-state index in [1.54, 1.807) is 24.3 Å². The zero-order valence-corrected chi connectivity index (χ0v) is 25.9. The molecule has 47 heavy (non-hydrogen) atoms. The van der Waals surface area contributed by atoms with Crippen molar-refractivity contribution in [3.05, 3.63) is 24.3 Å². The number of rotatable bonds is 10. The molecule has 4 heterocycles. The van der Waals surface area contributed by atoms with Gasteiger partial charge in [-0.05, 0) is 31.2 Å². The third-order valence-corrected chi connectivity index (χ3v) is 8.49. The highest BCUT2D eigenvalue weighted by Gasteiger charge is 2.56. The second-order valence-corrected chi connectivity index (χ2v) is 11.7. The van der Waals surface area contributed by atoms with Crippen LogP contribution < -0.4 is 20.1 Å². The Morgan fingerprint density at radius 3 is 2.15 bits per heavy atom. The van der Waals surface area contributed by atoms with Crippen molar-refractivity contribution in [2.75, 3.05) is 26.9 Å². The van der Waals surface area contributed by atoms with Gasteiger partial charge < -0.3 is 79.2 Å². The molecule has 18 heteroatoms. The summed E-state index contributed by atoms with van der Waals surface area (Å²) in [4.78, 5) is 24.8. The molecule has 8 N–H and O–H groups in total. The molecule has 0 aromatic heterocycles. The maximum absolute atomic E-state index is 12.5. The molecule has 0 spiro atoms. The van der Waals surface area contributed by atoms with Crippen molar-refractivity contribution in [3.8, 4) is 11.5 Å². The van der Waals surface area contributed by atoms with Crippen LogP contribution in [-0.4, -0.2) is 161 Å². The zero-order valence-electron chi connectivity index (χ0n) is 25.9. The number of aliphatic hydroxyl groups is 6. The van der Waals surface area contributed by atoms with Gasteiger partial charge in [0.25, 0.3) is 0 Å². The smallest absolute Gasteiger partial charge is 0.246 e. The summed E-state index contributed by atoms with van der Waals surface area (Å²) >= 11 is 0. The van der Waals surface area contributed by atoms with Crippen molar-refractivity contribution in [2.45, 2.75) is 106 Å². The summed E-state index contributed by atoms with van der Waals surface area (Å²) in [7, 11) is 1.49. The van der Waals surface area contributed by atoms with Crippen LogP contribution in [0.3, 0.4) is 0 Å². The molecule has 1 aromatic carbocycles. The monoisotopic (exact) mass is 674 g/mol. The van der Waals surface area contributed by atoms with Crippen LogP contribution in [0.4, 0.5) is 0 Å². The van der Waals surface area contributed by atoms with E-state index in [0.29, 0.717) is 5.75 Å². The molecule has 4 aliphatic rings. The third kappa shape index (κ3) is 7.64. The number of nitrogens with one attached hydrogen (secondary N) is 2. The van der Waals surface area contributed by atoms with E-state index in [9.17, 15) is 40.2 Å². The SMILES string of the molecule is COc1ccc(O[C@@H]2O[C@H](CO)[C@@H](O[C@@H]3O[C@H](CO)[C@H](O)[C@@H]4OCC(=O)N[C@@H]34)[C@H](O[C@@H]3O[C@@H](C)[C@@H](O)[C@@H](O)[C@@H]3O)[C@H]2NC(C)=O)cc1. The van der Waals surface area contributed by atoms with Crippen LogP contribution >= 0.6 is 0 Å².